The Morgan fingerprint density at radius 3 is 2.42 bits per heavy atom. The largest absolute Gasteiger partial charge is 0.497 e. The molecule has 0 bridgehead atoms. The van der Waals surface area contributed by atoms with Gasteiger partial charge in [-0.05, 0) is 63.5 Å². The Morgan fingerprint density at radius 1 is 1.18 bits per heavy atom. The van der Waals surface area contributed by atoms with Crippen LogP contribution in [0, 0.1) is 17.8 Å². The molecule has 0 amide bonds. The summed E-state index contributed by atoms with van der Waals surface area (Å²) in [7, 11) is 1.66. The summed E-state index contributed by atoms with van der Waals surface area (Å²) >= 11 is 0. The third-order valence-corrected chi connectivity index (χ3v) is 7.67. The summed E-state index contributed by atoms with van der Waals surface area (Å²) in [5.41, 5.74) is 1.47. The van der Waals surface area contributed by atoms with Gasteiger partial charge in [-0.3, -0.25) is 0 Å². The Kier molecular flexibility index (Phi) is 8.03. The second kappa shape index (κ2) is 10.6. The molecule has 0 saturated carbocycles. The summed E-state index contributed by atoms with van der Waals surface area (Å²) in [6, 6.07) is 11.8. The normalized spacial score (nSPS) is 21.1. The minimum atomic E-state index is -3.86. The van der Waals surface area contributed by atoms with E-state index in [-0.39, 0.29) is 35.8 Å². The van der Waals surface area contributed by atoms with Crippen LogP contribution in [0.5, 0.6) is 11.5 Å². The number of hydrogen-bond acceptors (Lipinski definition) is 6. The number of benzene rings is 2. The third-order valence-electron chi connectivity index (χ3n) is 5.65. The lowest BCUT2D eigenvalue weighted by atomic mass is 10.0. The number of fused-ring (bicyclic) bond motifs is 1. The van der Waals surface area contributed by atoms with Crippen LogP contribution in [0.4, 0.5) is 0 Å². The first kappa shape index (κ1) is 25.1. The van der Waals surface area contributed by atoms with Crippen LogP contribution in [0.2, 0.25) is 0 Å². The van der Waals surface area contributed by atoms with Crippen LogP contribution in [0.3, 0.4) is 0 Å². The summed E-state index contributed by atoms with van der Waals surface area (Å²) in [6.45, 7) is 4.32. The maximum atomic E-state index is 13.5. The molecule has 0 saturated heterocycles. The first-order valence-electron chi connectivity index (χ1n) is 10.9. The monoisotopic (exact) mass is 472 g/mol. The van der Waals surface area contributed by atoms with Crippen molar-refractivity contribution in [2.45, 2.75) is 30.9 Å². The van der Waals surface area contributed by atoms with E-state index in [4.69, 9.17) is 9.47 Å². The van der Waals surface area contributed by atoms with Crippen molar-refractivity contribution in [3.63, 3.8) is 0 Å². The van der Waals surface area contributed by atoms with Crippen LogP contribution in [-0.4, -0.2) is 75.8 Å². The van der Waals surface area contributed by atoms with Gasteiger partial charge in [-0.1, -0.05) is 18.8 Å². The lowest BCUT2D eigenvalue weighted by Crippen LogP contribution is -2.49. The van der Waals surface area contributed by atoms with Gasteiger partial charge in [0.15, 0.2) is 0 Å². The van der Waals surface area contributed by atoms with Gasteiger partial charge in [0.1, 0.15) is 22.5 Å². The molecule has 2 aromatic rings. The highest BCUT2D eigenvalue weighted by atomic mass is 32.2. The van der Waals surface area contributed by atoms with Crippen LogP contribution in [0.15, 0.2) is 47.4 Å². The van der Waals surface area contributed by atoms with Crippen molar-refractivity contribution < 1.29 is 23.0 Å². The summed E-state index contributed by atoms with van der Waals surface area (Å²) in [6.07, 6.45) is -0.229. The van der Waals surface area contributed by atoms with Crippen molar-refractivity contribution in [2.75, 3.05) is 40.9 Å². The van der Waals surface area contributed by atoms with Crippen molar-refractivity contribution in [2.24, 2.45) is 5.92 Å². The number of aliphatic hydroxyl groups is 1. The number of aliphatic hydroxyl groups excluding tert-OH is 1. The Morgan fingerprint density at radius 2 is 1.82 bits per heavy atom. The van der Waals surface area contributed by atoms with Gasteiger partial charge in [0, 0.05) is 36.2 Å². The standard InChI is InChI=1S/C25H32N2O5S/c1-18-15-27(19(2)17-28)33(29,30)25-13-10-21(14-23(25)32-24(18)16-26(3)4)7-6-20-8-11-22(31-5)12-9-20/h8-14,18-19,24,28H,15-17H2,1-5H3/t18-,19-,24+/m0/s1. The highest BCUT2D eigenvalue weighted by molar-refractivity contribution is 7.89. The van der Waals surface area contributed by atoms with E-state index >= 15 is 0 Å². The van der Waals surface area contributed by atoms with Gasteiger partial charge in [-0.15, -0.1) is 0 Å². The molecule has 3 rings (SSSR count). The molecule has 1 aliphatic rings. The molecule has 7 nitrogen and oxygen atoms in total. The molecule has 0 aliphatic carbocycles. The zero-order valence-electron chi connectivity index (χ0n) is 19.8. The summed E-state index contributed by atoms with van der Waals surface area (Å²) in [4.78, 5) is 2.11. The predicted molar refractivity (Wildman–Crippen MR) is 128 cm³/mol. The fourth-order valence-corrected chi connectivity index (χ4v) is 5.53. The van der Waals surface area contributed by atoms with Crippen LogP contribution >= 0.6 is 0 Å². The predicted octanol–water partition coefficient (Wildman–Crippen LogP) is 2.43. The van der Waals surface area contributed by atoms with Crippen molar-refractivity contribution in [1.82, 2.24) is 9.21 Å². The van der Waals surface area contributed by atoms with Gasteiger partial charge >= 0.3 is 0 Å². The van der Waals surface area contributed by atoms with E-state index in [0.717, 1.165) is 11.3 Å². The number of likely N-dealkylation sites (N-methyl/N-ethyl adjacent to an activating group) is 1. The molecule has 0 unspecified atom stereocenters. The fourth-order valence-electron chi connectivity index (χ4n) is 3.70. The molecule has 3 atom stereocenters. The number of ether oxygens (including phenoxy) is 2. The zero-order valence-corrected chi connectivity index (χ0v) is 20.6. The SMILES string of the molecule is COc1ccc(C#Cc2ccc3c(c2)O[C@H](CN(C)C)[C@@H](C)CN([C@@H](C)CO)S3(=O)=O)cc1. The molecule has 1 aliphatic heterocycles. The van der Waals surface area contributed by atoms with Crippen LogP contribution in [0.25, 0.3) is 0 Å². The smallest absolute Gasteiger partial charge is 0.247 e. The highest BCUT2D eigenvalue weighted by Crippen LogP contribution is 2.34. The van der Waals surface area contributed by atoms with Crippen LogP contribution in [0.1, 0.15) is 25.0 Å². The molecule has 2 aromatic carbocycles. The van der Waals surface area contributed by atoms with E-state index < -0.39 is 16.1 Å². The lowest BCUT2D eigenvalue weighted by Gasteiger charge is -2.37. The number of sulfonamides is 1. The van der Waals surface area contributed by atoms with Crippen molar-refractivity contribution in [3.8, 4) is 23.3 Å². The van der Waals surface area contributed by atoms with E-state index in [1.807, 2.05) is 50.2 Å². The van der Waals surface area contributed by atoms with E-state index in [0.29, 0.717) is 12.1 Å². The Bertz CT molecular complexity index is 1120. The highest BCUT2D eigenvalue weighted by Gasteiger charge is 2.37. The molecular formula is C25H32N2O5S. The topological polar surface area (TPSA) is 79.3 Å². The molecule has 178 valence electrons. The van der Waals surface area contributed by atoms with Crippen molar-refractivity contribution in [3.05, 3.63) is 53.6 Å². The first-order chi connectivity index (χ1) is 15.6. The van der Waals surface area contributed by atoms with Gasteiger partial charge in [-0.25, -0.2) is 8.42 Å². The Labute approximate surface area is 197 Å². The third kappa shape index (κ3) is 5.87. The number of nitrogens with zero attached hydrogens (tertiary/aromatic N) is 2. The Hall–Kier alpha value is -2.57. The van der Waals surface area contributed by atoms with Crippen molar-refractivity contribution in [1.29, 1.82) is 0 Å². The van der Waals surface area contributed by atoms with Gasteiger partial charge in [0.25, 0.3) is 0 Å². The van der Waals surface area contributed by atoms with E-state index in [2.05, 4.69) is 11.8 Å². The van der Waals surface area contributed by atoms with Crippen molar-refractivity contribution >= 4 is 10.0 Å². The van der Waals surface area contributed by atoms with Gasteiger partial charge in [0.2, 0.25) is 10.0 Å². The van der Waals surface area contributed by atoms with E-state index in [1.165, 1.54) is 4.31 Å². The first-order valence-corrected chi connectivity index (χ1v) is 12.3. The quantitative estimate of drug-likeness (QED) is 0.674. The minimum absolute atomic E-state index is 0.0848. The Balaban J connectivity index is 2.04. The average Bonchev–Trinajstić information content (AvgIpc) is 2.79. The van der Waals surface area contributed by atoms with Gasteiger partial charge in [0.05, 0.1) is 13.7 Å². The second-order valence-electron chi connectivity index (χ2n) is 8.64. The molecule has 0 fully saturated rings. The molecule has 1 N–H and O–H groups in total. The second-order valence-corrected chi connectivity index (χ2v) is 10.5. The molecule has 0 radical (unpaired) electrons. The lowest BCUT2D eigenvalue weighted by molar-refractivity contribution is 0.0812. The average molecular weight is 473 g/mol. The minimum Gasteiger partial charge on any atom is -0.497 e. The van der Waals surface area contributed by atoms with Crippen LogP contribution in [-0.2, 0) is 10.0 Å². The molecule has 0 aromatic heterocycles. The van der Waals surface area contributed by atoms with E-state index in [1.54, 1.807) is 32.2 Å². The number of rotatable bonds is 5. The molecule has 33 heavy (non-hydrogen) atoms. The molecule has 0 spiro atoms. The maximum absolute atomic E-state index is 13.5. The summed E-state index contributed by atoms with van der Waals surface area (Å²) in [5, 5.41) is 9.71. The maximum Gasteiger partial charge on any atom is 0.247 e. The fraction of sp³-hybridized carbons (Fsp3) is 0.440. The van der Waals surface area contributed by atoms with E-state index in [9.17, 15) is 13.5 Å². The molecular weight excluding hydrogens is 440 g/mol. The summed E-state index contributed by atoms with van der Waals surface area (Å²) in [5.74, 6) is 7.14. The van der Waals surface area contributed by atoms with Gasteiger partial charge in [-0.2, -0.15) is 4.31 Å². The number of methoxy groups -OCH3 is 1. The zero-order chi connectivity index (χ0) is 24.2. The van der Waals surface area contributed by atoms with Crippen LogP contribution < -0.4 is 9.47 Å². The summed E-state index contributed by atoms with van der Waals surface area (Å²) < 4.78 is 39.8. The number of hydrogen-bond donors (Lipinski definition) is 1. The molecule has 1 heterocycles. The van der Waals surface area contributed by atoms with Gasteiger partial charge < -0.3 is 19.5 Å². The molecule has 8 heteroatoms.